The molecule has 1 N–H and O–H groups in total. The Kier molecular flexibility index (Phi) is 6.91. The van der Waals surface area contributed by atoms with Gasteiger partial charge in [-0.05, 0) is 78.5 Å². The second-order valence-electron chi connectivity index (χ2n) is 6.61. The van der Waals surface area contributed by atoms with E-state index in [1.165, 1.54) is 6.33 Å². The first-order valence-corrected chi connectivity index (χ1v) is 9.71. The van der Waals surface area contributed by atoms with Crippen molar-refractivity contribution in [2.75, 3.05) is 31.6 Å². The van der Waals surface area contributed by atoms with E-state index in [0.29, 0.717) is 17.9 Å². The molecule has 0 bridgehead atoms. The van der Waals surface area contributed by atoms with Crippen LogP contribution in [0.2, 0.25) is 0 Å². The minimum atomic E-state index is -0.174. The molecule has 0 radical (unpaired) electrons. The van der Waals surface area contributed by atoms with Crippen molar-refractivity contribution < 1.29 is 9.53 Å². The minimum absolute atomic E-state index is 0.174. The van der Waals surface area contributed by atoms with Crippen molar-refractivity contribution in [3.63, 3.8) is 0 Å². The molecule has 0 unspecified atom stereocenters. The molecule has 1 aromatic heterocycles. The Hall–Kier alpha value is -3.26. The lowest BCUT2D eigenvalue weighted by Gasteiger charge is -2.18. The summed E-state index contributed by atoms with van der Waals surface area (Å²) in [7, 11) is 0. The highest BCUT2D eigenvalue weighted by atomic mass is 16.5. The van der Waals surface area contributed by atoms with Gasteiger partial charge in [0.1, 0.15) is 18.7 Å². The van der Waals surface area contributed by atoms with Gasteiger partial charge in [0.15, 0.2) is 0 Å². The Bertz CT molecular complexity index is 921. The Morgan fingerprint density at radius 2 is 1.90 bits per heavy atom. The number of nitrogens with zero attached hydrogens (tertiary/aromatic N) is 5. The standard InChI is InChI=1S/C21H26N6O2/c1-4-26(5-2)12-13-29-19-9-7-18(8-10-19)23-21(28)17-6-11-20(16(3)14-17)27-15-22-24-25-27/h6-11,14-15H,4-5,12-13H2,1-3H3,(H,23,28). The molecule has 0 aliphatic carbocycles. The predicted molar refractivity (Wildman–Crippen MR) is 112 cm³/mol. The fourth-order valence-corrected chi connectivity index (χ4v) is 3.00. The van der Waals surface area contributed by atoms with Gasteiger partial charge in [0.25, 0.3) is 5.91 Å². The number of carbonyl (C=O) groups excluding carboxylic acids is 1. The normalized spacial score (nSPS) is 10.9. The van der Waals surface area contributed by atoms with Gasteiger partial charge in [-0.2, -0.15) is 0 Å². The largest absolute Gasteiger partial charge is 0.492 e. The number of ether oxygens (including phenoxy) is 1. The summed E-state index contributed by atoms with van der Waals surface area (Å²) in [5.74, 6) is 0.614. The molecule has 152 valence electrons. The Labute approximate surface area is 170 Å². The Morgan fingerprint density at radius 3 is 2.52 bits per heavy atom. The monoisotopic (exact) mass is 394 g/mol. The molecule has 3 aromatic rings. The highest BCUT2D eigenvalue weighted by Crippen LogP contribution is 2.18. The molecular weight excluding hydrogens is 368 g/mol. The van der Waals surface area contributed by atoms with Crippen LogP contribution in [-0.2, 0) is 0 Å². The van der Waals surface area contributed by atoms with Crippen molar-refractivity contribution in [3.05, 3.63) is 59.9 Å². The first kappa shape index (κ1) is 20.5. The number of likely N-dealkylation sites (N-methyl/N-ethyl adjacent to an activating group) is 1. The minimum Gasteiger partial charge on any atom is -0.492 e. The van der Waals surface area contributed by atoms with Crippen LogP contribution in [0, 0.1) is 6.92 Å². The summed E-state index contributed by atoms with van der Waals surface area (Å²) < 4.78 is 7.34. The molecule has 1 heterocycles. The quantitative estimate of drug-likeness (QED) is 0.601. The molecule has 0 fully saturated rings. The van der Waals surface area contributed by atoms with E-state index >= 15 is 0 Å². The molecule has 8 nitrogen and oxygen atoms in total. The summed E-state index contributed by atoms with van der Waals surface area (Å²) >= 11 is 0. The summed E-state index contributed by atoms with van der Waals surface area (Å²) in [6.45, 7) is 9.76. The lowest BCUT2D eigenvalue weighted by atomic mass is 10.1. The van der Waals surface area contributed by atoms with Gasteiger partial charge in [-0.25, -0.2) is 4.68 Å². The Balaban J connectivity index is 1.57. The second kappa shape index (κ2) is 9.79. The molecule has 0 spiro atoms. The van der Waals surface area contributed by atoms with Crippen LogP contribution in [0.25, 0.3) is 5.69 Å². The first-order chi connectivity index (χ1) is 14.1. The molecule has 0 atom stereocenters. The van der Waals surface area contributed by atoms with E-state index in [2.05, 4.69) is 39.6 Å². The van der Waals surface area contributed by atoms with Gasteiger partial charge < -0.3 is 15.0 Å². The first-order valence-electron chi connectivity index (χ1n) is 9.71. The molecule has 0 aliphatic rings. The predicted octanol–water partition coefficient (Wildman–Crippen LogP) is 2.94. The third-order valence-electron chi connectivity index (χ3n) is 4.74. The zero-order valence-corrected chi connectivity index (χ0v) is 17.0. The highest BCUT2D eigenvalue weighted by molar-refractivity contribution is 6.04. The maximum atomic E-state index is 12.6. The second-order valence-corrected chi connectivity index (χ2v) is 6.61. The number of tetrazole rings is 1. The van der Waals surface area contributed by atoms with Crippen molar-refractivity contribution in [2.45, 2.75) is 20.8 Å². The molecule has 0 saturated heterocycles. The number of rotatable bonds is 9. The smallest absolute Gasteiger partial charge is 0.255 e. The lowest BCUT2D eigenvalue weighted by molar-refractivity contribution is 0.102. The highest BCUT2D eigenvalue weighted by Gasteiger charge is 2.10. The van der Waals surface area contributed by atoms with Crippen LogP contribution < -0.4 is 10.1 Å². The van der Waals surface area contributed by atoms with Gasteiger partial charge in [0.05, 0.1) is 5.69 Å². The van der Waals surface area contributed by atoms with E-state index in [9.17, 15) is 4.79 Å². The number of hydrogen-bond acceptors (Lipinski definition) is 6. The lowest BCUT2D eigenvalue weighted by Crippen LogP contribution is -2.27. The van der Waals surface area contributed by atoms with Gasteiger partial charge in [0, 0.05) is 17.8 Å². The number of hydrogen-bond donors (Lipinski definition) is 1. The topological polar surface area (TPSA) is 85.2 Å². The summed E-state index contributed by atoms with van der Waals surface area (Å²) in [6.07, 6.45) is 1.52. The summed E-state index contributed by atoms with van der Waals surface area (Å²) in [4.78, 5) is 14.9. The molecule has 1 amide bonds. The van der Waals surface area contributed by atoms with E-state index < -0.39 is 0 Å². The average Bonchev–Trinajstić information content (AvgIpc) is 3.27. The summed E-state index contributed by atoms with van der Waals surface area (Å²) in [5.41, 5.74) is 3.02. The number of benzene rings is 2. The van der Waals surface area contributed by atoms with E-state index in [4.69, 9.17) is 4.74 Å². The van der Waals surface area contributed by atoms with Crippen LogP contribution in [0.15, 0.2) is 48.8 Å². The van der Waals surface area contributed by atoms with Crippen LogP contribution in [0.5, 0.6) is 5.75 Å². The van der Waals surface area contributed by atoms with Gasteiger partial charge in [-0.3, -0.25) is 4.79 Å². The fourth-order valence-electron chi connectivity index (χ4n) is 3.00. The number of amides is 1. The van der Waals surface area contributed by atoms with Gasteiger partial charge >= 0.3 is 0 Å². The van der Waals surface area contributed by atoms with Crippen molar-refractivity contribution >= 4 is 11.6 Å². The third-order valence-corrected chi connectivity index (χ3v) is 4.74. The van der Waals surface area contributed by atoms with Crippen LogP contribution >= 0.6 is 0 Å². The number of aromatic nitrogens is 4. The van der Waals surface area contributed by atoms with Crippen molar-refractivity contribution in [1.29, 1.82) is 0 Å². The van der Waals surface area contributed by atoms with E-state index in [0.717, 1.165) is 36.6 Å². The van der Waals surface area contributed by atoms with Gasteiger partial charge in [0.2, 0.25) is 0 Å². The van der Waals surface area contributed by atoms with E-state index in [1.807, 2.05) is 43.3 Å². The number of aryl methyl sites for hydroxylation is 1. The maximum absolute atomic E-state index is 12.6. The molecular formula is C21H26N6O2. The zero-order valence-electron chi connectivity index (χ0n) is 17.0. The SMILES string of the molecule is CCN(CC)CCOc1ccc(NC(=O)c2ccc(-n3cnnn3)c(C)c2)cc1. The van der Waals surface area contributed by atoms with Crippen LogP contribution in [0.1, 0.15) is 29.8 Å². The summed E-state index contributed by atoms with van der Waals surface area (Å²) in [5, 5.41) is 14.1. The molecule has 2 aromatic carbocycles. The number of nitrogens with one attached hydrogen (secondary N) is 1. The van der Waals surface area contributed by atoms with E-state index in [-0.39, 0.29) is 5.91 Å². The van der Waals surface area contributed by atoms with E-state index in [1.54, 1.807) is 10.7 Å². The molecule has 8 heteroatoms. The Morgan fingerprint density at radius 1 is 1.14 bits per heavy atom. The van der Waals surface area contributed by atoms with Crippen LogP contribution in [-0.4, -0.2) is 57.3 Å². The van der Waals surface area contributed by atoms with Crippen molar-refractivity contribution in [3.8, 4) is 11.4 Å². The van der Waals surface area contributed by atoms with Crippen LogP contribution in [0.4, 0.5) is 5.69 Å². The summed E-state index contributed by atoms with van der Waals surface area (Å²) in [6, 6.07) is 12.8. The fraction of sp³-hybridized carbons (Fsp3) is 0.333. The van der Waals surface area contributed by atoms with Crippen LogP contribution in [0.3, 0.4) is 0 Å². The van der Waals surface area contributed by atoms with Crippen molar-refractivity contribution in [1.82, 2.24) is 25.1 Å². The molecule has 29 heavy (non-hydrogen) atoms. The average molecular weight is 394 g/mol. The zero-order chi connectivity index (χ0) is 20.6. The molecule has 0 saturated carbocycles. The number of anilines is 1. The van der Waals surface area contributed by atoms with Gasteiger partial charge in [-0.1, -0.05) is 13.8 Å². The van der Waals surface area contributed by atoms with Crippen molar-refractivity contribution in [2.24, 2.45) is 0 Å². The molecule has 3 rings (SSSR count). The maximum Gasteiger partial charge on any atom is 0.255 e. The number of carbonyl (C=O) groups is 1. The van der Waals surface area contributed by atoms with Gasteiger partial charge in [-0.15, -0.1) is 5.10 Å². The third kappa shape index (κ3) is 5.39. The molecule has 0 aliphatic heterocycles.